The Labute approximate surface area is 378 Å². The Hall–Kier alpha value is -8.48. The first kappa shape index (κ1) is 39.1. The largest absolute Gasteiger partial charge is 0.416 e. The van der Waals surface area contributed by atoms with Crippen LogP contribution >= 0.6 is 0 Å². The van der Waals surface area contributed by atoms with E-state index >= 15 is 0 Å². The predicted octanol–water partition coefficient (Wildman–Crippen LogP) is 16.6. The molecule has 12 aromatic rings. The van der Waals surface area contributed by atoms with Crippen molar-refractivity contribution in [2.24, 2.45) is 0 Å². The summed E-state index contributed by atoms with van der Waals surface area (Å²) in [6.45, 7) is 0. The fourth-order valence-electron chi connectivity index (χ4n) is 9.72. The number of hydrogen-bond donors (Lipinski definition) is 0. The van der Waals surface area contributed by atoms with Gasteiger partial charge in [-0.05, 0) is 117 Å². The summed E-state index contributed by atoms with van der Waals surface area (Å²) in [4.78, 5) is 4.66. The number of rotatable bonds is 7. The maximum Gasteiger partial charge on any atom is 0.416 e. The van der Waals surface area contributed by atoms with Crippen molar-refractivity contribution in [1.29, 1.82) is 0 Å². The van der Waals surface area contributed by atoms with E-state index in [2.05, 4.69) is 135 Å². The zero-order valence-corrected chi connectivity index (χ0v) is 35.4. The molecule has 0 aliphatic heterocycles. The molecule has 0 saturated carbocycles. The molecule has 0 atom stereocenters. The number of alkyl halides is 3. The molecule has 0 amide bonds. The lowest BCUT2D eigenvalue weighted by atomic mass is 9.99. The number of fused-ring (bicyclic) bond motifs is 6. The van der Waals surface area contributed by atoms with Gasteiger partial charge in [-0.2, -0.15) is 13.2 Å². The van der Waals surface area contributed by atoms with Crippen LogP contribution in [-0.4, -0.2) is 14.1 Å². The highest BCUT2D eigenvalue weighted by Gasteiger charge is 2.32. The minimum atomic E-state index is -4.59. The predicted molar refractivity (Wildman–Crippen MR) is 265 cm³/mol. The summed E-state index contributed by atoms with van der Waals surface area (Å²) >= 11 is 0. The van der Waals surface area contributed by atoms with Crippen molar-refractivity contribution in [1.82, 2.24) is 14.1 Å². The van der Waals surface area contributed by atoms with Crippen LogP contribution in [0.3, 0.4) is 0 Å². The second-order valence-electron chi connectivity index (χ2n) is 16.7. The topological polar surface area (TPSA) is 22.8 Å². The standard InChI is InChI=1S/C60H38F3N3/c61-60(62,63)47-25-30-58(65-54-26-21-43(39-13-5-1-6-14-39)33-49(54)50-34-44(22-27-55(50)65)40-15-7-2-8-16-40)53(37-47)48-31-32-64-38-59(48)66-56-28-23-45(41-17-9-3-10-18-41)35-51(56)52-36-46(24-29-57(52)66)42-19-11-4-12-20-42/h1-38H. The second kappa shape index (κ2) is 15.6. The Morgan fingerprint density at radius 1 is 0.318 bits per heavy atom. The molecule has 0 unspecified atom stereocenters. The van der Waals surface area contributed by atoms with Crippen LogP contribution in [0.4, 0.5) is 13.2 Å². The van der Waals surface area contributed by atoms with Gasteiger partial charge in [-0.25, -0.2) is 0 Å². The lowest BCUT2D eigenvalue weighted by molar-refractivity contribution is -0.137. The average molecular weight is 858 g/mol. The summed E-state index contributed by atoms with van der Waals surface area (Å²) in [5, 5.41) is 4.04. The second-order valence-corrected chi connectivity index (χ2v) is 16.7. The van der Waals surface area contributed by atoms with Gasteiger partial charge in [0.05, 0.1) is 45.2 Å². The van der Waals surface area contributed by atoms with E-state index in [1.807, 2.05) is 78.9 Å². The van der Waals surface area contributed by atoms with Gasteiger partial charge in [0.2, 0.25) is 0 Å². The number of nitrogens with zero attached hydrogens (tertiary/aromatic N) is 3. The molecule has 0 saturated heterocycles. The van der Waals surface area contributed by atoms with Crippen molar-refractivity contribution in [2.75, 3.05) is 0 Å². The van der Waals surface area contributed by atoms with E-state index in [0.717, 1.165) is 88.1 Å². The molecule has 0 radical (unpaired) electrons. The summed E-state index contributed by atoms with van der Waals surface area (Å²) in [6, 6.07) is 72.7. The van der Waals surface area contributed by atoms with Gasteiger partial charge in [0, 0.05) is 38.9 Å². The van der Waals surface area contributed by atoms with E-state index in [9.17, 15) is 13.2 Å². The minimum absolute atomic E-state index is 0.428. The quantitative estimate of drug-likeness (QED) is 0.157. The highest BCUT2D eigenvalue weighted by atomic mass is 19.4. The van der Waals surface area contributed by atoms with Crippen LogP contribution in [0.2, 0.25) is 0 Å². The molecular formula is C60H38F3N3. The molecule has 3 aromatic heterocycles. The average Bonchev–Trinajstić information content (AvgIpc) is 3.88. The van der Waals surface area contributed by atoms with E-state index in [1.165, 1.54) is 12.1 Å². The molecule has 0 bridgehead atoms. The van der Waals surface area contributed by atoms with Crippen molar-refractivity contribution in [3.63, 3.8) is 0 Å². The highest BCUT2D eigenvalue weighted by molar-refractivity contribution is 6.14. The van der Waals surface area contributed by atoms with E-state index in [4.69, 9.17) is 0 Å². The maximum atomic E-state index is 15.0. The molecule has 0 aliphatic rings. The van der Waals surface area contributed by atoms with E-state index in [1.54, 1.807) is 18.5 Å². The Morgan fingerprint density at radius 3 is 1.05 bits per heavy atom. The van der Waals surface area contributed by atoms with Crippen molar-refractivity contribution >= 4 is 43.6 Å². The molecule has 314 valence electrons. The number of aromatic nitrogens is 3. The van der Waals surface area contributed by atoms with Crippen LogP contribution in [0.5, 0.6) is 0 Å². The van der Waals surface area contributed by atoms with Crippen LogP contribution in [0.25, 0.3) is 111 Å². The summed E-state index contributed by atoms with van der Waals surface area (Å²) in [6.07, 6.45) is -1.15. The molecule has 0 fully saturated rings. The lowest BCUT2D eigenvalue weighted by Gasteiger charge is -2.20. The number of pyridine rings is 1. The monoisotopic (exact) mass is 857 g/mol. The zero-order valence-electron chi connectivity index (χ0n) is 35.4. The molecule has 0 aliphatic carbocycles. The van der Waals surface area contributed by atoms with Gasteiger partial charge in [0.1, 0.15) is 0 Å². The fraction of sp³-hybridized carbons (Fsp3) is 0.0167. The summed E-state index contributed by atoms with van der Waals surface area (Å²) in [5.74, 6) is 0. The first-order valence-electron chi connectivity index (χ1n) is 21.9. The molecule has 9 aromatic carbocycles. The van der Waals surface area contributed by atoms with Gasteiger partial charge < -0.3 is 9.13 Å². The molecule has 12 rings (SSSR count). The zero-order chi connectivity index (χ0) is 44.4. The van der Waals surface area contributed by atoms with E-state index in [0.29, 0.717) is 22.5 Å². The first-order chi connectivity index (χ1) is 32.4. The van der Waals surface area contributed by atoms with Crippen LogP contribution in [0.15, 0.2) is 231 Å². The lowest BCUT2D eigenvalue weighted by Crippen LogP contribution is -2.08. The Morgan fingerprint density at radius 2 is 0.682 bits per heavy atom. The molecule has 0 N–H and O–H groups in total. The van der Waals surface area contributed by atoms with Gasteiger partial charge in [0.15, 0.2) is 0 Å². The third kappa shape index (κ3) is 6.65. The number of halogens is 3. The van der Waals surface area contributed by atoms with Crippen molar-refractivity contribution < 1.29 is 13.2 Å². The maximum absolute atomic E-state index is 15.0. The fourth-order valence-corrected chi connectivity index (χ4v) is 9.72. The van der Waals surface area contributed by atoms with Crippen LogP contribution in [-0.2, 0) is 6.18 Å². The van der Waals surface area contributed by atoms with Crippen molar-refractivity contribution in [3.05, 3.63) is 236 Å². The van der Waals surface area contributed by atoms with E-state index in [-0.39, 0.29) is 0 Å². The first-order valence-corrected chi connectivity index (χ1v) is 21.9. The Kier molecular flexibility index (Phi) is 9.28. The smallest absolute Gasteiger partial charge is 0.309 e. The third-order valence-electron chi connectivity index (χ3n) is 12.9. The van der Waals surface area contributed by atoms with Crippen LogP contribution < -0.4 is 0 Å². The highest BCUT2D eigenvalue weighted by Crippen LogP contribution is 2.45. The summed E-state index contributed by atoms with van der Waals surface area (Å²) in [5.41, 5.74) is 13.7. The summed E-state index contributed by atoms with van der Waals surface area (Å²) < 4.78 is 49.3. The Bertz CT molecular complexity index is 3580. The van der Waals surface area contributed by atoms with Gasteiger partial charge in [0.25, 0.3) is 0 Å². The number of hydrogen-bond acceptors (Lipinski definition) is 1. The summed E-state index contributed by atoms with van der Waals surface area (Å²) in [7, 11) is 0. The van der Waals surface area contributed by atoms with Gasteiger partial charge in [-0.3, -0.25) is 4.98 Å². The third-order valence-corrected chi connectivity index (χ3v) is 12.9. The van der Waals surface area contributed by atoms with Crippen LogP contribution in [0, 0.1) is 0 Å². The minimum Gasteiger partial charge on any atom is -0.309 e. The van der Waals surface area contributed by atoms with E-state index < -0.39 is 11.7 Å². The van der Waals surface area contributed by atoms with Crippen molar-refractivity contribution in [2.45, 2.75) is 6.18 Å². The number of benzene rings is 9. The normalized spacial score (nSPS) is 11.9. The SMILES string of the molecule is FC(F)(F)c1ccc(-n2c3ccc(-c4ccccc4)cc3c3cc(-c4ccccc4)ccc32)c(-c2ccncc2-n2c3ccc(-c4ccccc4)cc3c3cc(-c4ccccc4)ccc32)c1. The molecule has 66 heavy (non-hydrogen) atoms. The molecular weight excluding hydrogens is 820 g/mol. The molecule has 3 heterocycles. The van der Waals surface area contributed by atoms with Gasteiger partial charge >= 0.3 is 6.18 Å². The molecule has 0 spiro atoms. The van der Waals surface area contributed by atoms with Gasteiger partial charge in [-0.1, -0.05) is 146 Å². The van der Waals surface area contributed by atoms with Crippen LogP contribution in [0.1, 0.15) is 5.56 Å². The molecule has 6 heteroatoms. The van der Waals surface area contributed by atoms with Crippen molar-refractivity contribution in [3.8, 4) is 67.0 Å². The Balaban J connectivity index is 1.13. The van der Waals surface area contributed by atoms with Gasteiger partial charge in [-0.15, -0.1) is 0 Å². The molecule has 3 nitrogen and oxygen atoms in total.